The highest BCUT2D eigenvalue weighted by atomic mass is 32.2. The Morgan fingerprint density at radius 3 is 2.76 bits per heavy atom. The van der Waals surface area contributed by atoms with Crippen LogP contribution in [0.15, 0.2) is 34.0 Å². The van der Waals surface area contributed by atoms with E-state index in [1.807, 2.05) is 0 Å². The summed E-state index contributed by atoms with van der Waals surface area (Å²) in [6.45, 7) is 0. The minimum atomic E-state index is -2.77. The largest absolute Gasteiger partial charge is 0.477 e. The number of allylic oxidation sites excluding steroid dienone is 2. The molecule has 0 saturated carbocycles. The molecule has 0 bridgehead atoms. The van der Waals surface area contributed by atoms with E-state index < -0.39 is 47.0 Å². The van der Waals surface area contributed by atoms with Gasteiger partial charge in [0.25, 0.3) is 18.2 Å². The van der Waals surface area contributed by atoms with E-state index in [0.717, 1.165) is 34.1 Å². The van der Waals surface area contributed by atoms with Gasteiger partial charge in [0.1, 0.15) is 22.8 Å². The number of aromatic nitrogens is 1. The number of thioether (sulfide) groups is 1. The maximum absolute atomic E-state index is 12.5. The number of fused-ring (bicyclic) bond motifs is 1. The normalized spacial score (nSPS) is 22.1. The zero-order chi connectivity index (χ0) is 21.3. The van der Waals surface area contributed by atoms with Gasteiger partial charge < -0.3 is 21.4 Å². The highest BCUT2D eigenvalue weighted by molar-refractivity contribution is 8.00. The van der Waals surface area contributed by atoms with Crippen molar-refractivity contribution in [2.45, 2.75) is 17.8 Å². The summed E-state index contributed by atoms with van der Waals surface area (Å²) < 4.78 is 24.8. The highest BCUT2D eigenvalue weighted by Gasteiger charge is 2.54. The molecule has 2 aliphatic heterocycles. The van der Waals surface area contributed by atoms with Crippen LogP contribution in [0, 0.1) is 0 Å². The predicted molar refractivity (Wildman–Crippen MR) is 99.7 cm³/mol. The maximum atomic E-state index is 12.5. The average molecular weight is 445 g/mol. The Kier molecular flexibility index (Phi) is 5.83. The van der Waals surface area contributed by atoms with Crippen molar-refractivity contribution < 1.29 is 33.5 Å². The van der Waals surface area contributed by atoms with E-state index in [-0.39, 0.29) is 22.2 Å². The first kappa shape index (κ1) is 20.7. The van der Waals surface area contributed by atoms with Gasteiger partial charge in [0.2, 0.25) is 0 Å². The van der Waals surface area contributed by atoms with Crippen molar-refractivity contribution in [3.8, 4) is 0 Å². The number of anilines is 1. The van der Waals surface area contributed by atoms with Gasteiger partial charge in [0, 0.05) is 11.1 Å². The second-order valence-corrected chi connectivity index (χ2v) is 7.75. The number of thiazole rings is 1. The number of rotatable bonds is 6. The molecule has 154 valence electrons. The van der Waals surface area contributed by atoms with Gasteiger partial charge in [-0.05, 0) is 11.6 Å². The molecular formula is C15H13F2N5O5S2. The van der Waals surface area contributed by atoms with Gasteiger partial charge in [-0.1, -0.05) is 11.2 Å². The number of oxime groups is 1. The van der Waals surface area contributed by atoms with E-state index in [2.05, 4.69) is 15.5 Å². The summed E-state index contributed by atoms with van der Waals surface area (Å²) in [5.74, 6) is -3.03. The van der Waals surface area contributed by atoms with E-state index in [1.165, 1.54) is 5.38 Å². The number of aliphatic carboxylic acids is 1. The number of carboxylic acids is 1. The van der Waals surface area contributed by atoms with E-state index in [0.29, 0.717) is 6.08 Å². The fraction of sp³-hybridized carbons (Fsp3) is 0.267. The molecule has 2 atom stereocenters. The second kappa shape index (κ2) is 8.16. The van der Waals surface area contributed by atoms with Crippen molar-refractivity contribution in [3.63, 3.8) is 0 Å². The molecule has 1 aromatic rings. The molecule has 1 fully saturated rings. The lowest BCUT2D eigenvalue weighted by atomic mass is 10.0. The summed E-state index contributed by atoms with van der Waals surface area (Å²) in [7, 11) is 0. The SMILES string of the molecule is Nc1nc(/C(=N/O)C(=O)N[C@@H]2C(=O)N3C(C(=O)O)=C(/C=C\C(F)F)CS[C@H]23)cs1. The standard InChI is InChI=1S/C15H13F2N5O5S2/c16-7(17)2-1-5-3-28-13-9(12(24)22(13)10(5)14(25)26)20-11(23)8(21-27)6-4-29-15(18)19-6/h1-2,4,7,9,13,27H,3H2,(H2,18,19)(H,20,23)(H,25,26)/b2-1-,21-8-/t9-,13-/m1/s1. The molecule has 10 nitrogen and oxygen atoms in total. The molecule has 0 unspecified atom stereocenters. The lowest BCUT2D eigenvalue weighted by Gasteiger charge is -2.49. The second-order valence-electron chi connectivity index (χ2n) is 5.75. The van der Waals surface area contributed by atoms with Crippen molar-refractivity contribution in [1.82, 2.24) is 15.2 Å². The van der Waals surface area contributed by atoms with E-state index in [1.54, 1.807) is 0 Å². The molecule has 29 heavy (non-hydrogen) atoms. The van der Waals surface area contributed by atoms with Crippen LogP contribution in [0.1, 0.15) is 5.69 Å². The number of hydrogen-bond acceptors (Lipinski definition) is 9. The van der Waals surface area contributed by atoms with Crippen LogP contribution in [0.25, 0.3) is 0 Å². The topological polar surface area (TPSA) is 158 Å². The molecule has 1 aromatic heterocycles. The quantitative estimate of drug-likeness (QED) is 0.213. The fourth-order valence-electron chi connectivity index (χ4n) is 2.78. The Balaban J connectivity index is 1.78. The molecule has 5 N–H and O–H groups in total. The Labute approximate surface area is 169 Å². The number of nitrogens with zero attached hydrogens (tertiary/aromatic N) is 3. The maximum Gasteiger partial charge on any atom is 0.352 e. The van der Waals surface area contributed by atoms with Gasteiger partial charge in [0.05, 0.1) is 0 Å². The summed E-state index contributed by atoms with van der Waals surface area (Å²) in [5.41, 5.74) is 4.68. The van der Waals surface area contributed by atoms with Crippen molar-refractivity contribution in [2.24, 2.45) is 5.16 Å². The van der Waals surface area contributed by atoms with Gasteiger partial charge in [-0.3, -0.25) is 14.5 Å². The van der Waals surface area contributed by atoms with Crippen LogP contribution in [0.2, 0.25) is 0 Å². The average Bonchev–Trinajstić information content (AvgIpc) is 3.09. The molecule has 2 aliphatic rings. The van der Waals surface area contributed by atoms with Crippen molar-refractivity contribution in [1.29, 1.82) is 0 Å². The molecule has 3 heterocycles. The number of carboxylic acid groups (broad SMARTS) is 1. The first-order chi connectivity index (χ1) is 13.7. The van der Waals surface area contributed by atoms with E-state index in [4.69, 9.17) is 10.9 Å². The summed E-state index contributed by atoms with van der Waals surface area (Å²) in [6, 6.07) is -1.09. The van der Waals surface area contributed by atoms with Gasteiger partial charge in [0.15, 0.2) is 10.8 Å². The number of carbonyl (C=O) groups is 3. The zero-order valence-corrected chi connectivity index (χ0v) is 15.9. The first-order valence-electron chi connectivity index (χ1n) is 7.86. The highest BCUT2D eigenvalue weighted by Crippen LogP contribution is 2.40. The Morgan fingerprint density at radius 1 is 1.48 bits per heavy atom. The zero-order valence-electron chi connectivity index (χ0n) is 14.3. The van der Waals surface area contributed by atoms with Gasteiger partial charge in [-0.15, -0.1) is 23.1 Å². The smallest absolute Gasteiger partial charge is 0.352 e. The summed E-state index contributed by atoms with van der Waals surface area (Å²) in [6.07, 6.45) is -1.26. The lowest BCUT2D eigenvalue weighted by Crippen LogP contribution is -2.71. The van der Waals surface area contributed by atoms with E-state index >= 15 is 0 Å². The summed E-state index contributed by atoms with van der Waals surface area (Å²) >= 11 is 2.12. The third-order valence-corrected chi connectivity index (χ3v) is 5.99. The van der Waals surface area contributed by atoms with Crippen LogP contribution < -0.4 is 11.1 Å². The first-order valence-corrected chi connectivity index (χ1v) is 9.79. The van der Waals surface area contributed by atoms with Crippen LogP contribution in [0.3, 0.4) is 0 Å². The Bertz CT molecular complexity index is 961. The number of nitrogens with one attached hydrogen (secondary N) is 1. The molecule has 0 spiro atoms. The summed E-state index contributed by atoms with van der Waals surface area (Å²) in [5, 5.41) is 24.6. The monoisotopic (exact) mass is 445 g/mol. The molecule has 1 saturated heterocycles. The number of nitrogen functional groups attached to an aromatic ring is 1. The Hall–Kier alpha value is -3.00. The van der Waals surface area contributed by atoms with Crippen molar-refractivity contribution in [3.05, 3.63) is 34.5 Å². The number of halogens is 2. The van der Waals surface area contributed by atoms with Crippen LogP contribution >= 0.6 is 23.1 Å². The molecule has 3 rings (SSSR count). The summed E-state index contributed by atoms with van der Waals surface area (Å²) in [4.78, 5) is 41.2. The van der Waals surface area contributed by atoms with Gasteiger partial charge >= 0.3 is 5.97 Å². The lowest BCUT2D eigenvalue weighted by molar-refractivity contribution is -0.150. The number of β-lactam (4-membered cyclic amide) rings is 1. The van der Waals surface area contributed by atoms with Crippen LogP contribution in [0.5, 0.6) is 0 Å². The Morgan fingerprint density at radius 2 is 2.21 bits per heavy atom. The van der Waals surface area contributed by atoms with Crippen LogP contribution in [-0.2, 0) is 14.4 Å². The van der Waals surface area contributed by atoms with Gasteiger partial charge in [-0.2, -0.15) is 0 Å². The van der Waals surface area contributed by atoms with Gasteiger partial charge in [-0.25, -0.2) is 18.6 Å². The van der Waals surface area contributed by atoms with Crippen LogP contribution in [0.4, 0.5) is 13.9 Å². The van der Waals surface area contributed by atoms with Crippen molar-refractivity contribution in [2.75, 3.05) is 11.5 Å². The molecule has 0 aliphatic carbocycles. The number of alkyl halides is 2. The fourth-order valence-corrected chi connectivity index (χ4v) is 4.65. The molecule has 2 amide bonds. The number of hydrogen-bond donors (Lipinski definition) is 4. The number of carbonyl (C=O) groups excluding carboxylic acids is 2. The molecule has 0 radical (unpaired) electrons. The predicted octanol–water partition coefficient (Wildman–Crippen LogP) is 0.464. The molecular weight excluding hydrogens is 432 g/mol. The van der Waals surface area contributed by atoms with Crippen molar-refractivity contribution >= 4 is 51.7 Å². The molecule has 14 heteroatoms. The molecule has 0 aromatic carbocycles. The van der Waals surface area contributed by atoms with Crippen LogP contribution in [-0.4, -0.2) is 67.3 Å². The van der Waals surface area contributed by atoms with E-state index in [9.17, 15) is 28.3 Å². The minimum Gasteiger partial charge on any atom is -0.477 e. The number of amides is 2. The number of nitrogens with two attached hydrogens (primary N) is 1. The third-order valence-electron chi connectivity index (χ3n) is 4.01. The third kappa shape index (κ3) is 3.93. The minimum absolute atomic E-state index is 0.0120.